The Morgan fingerprint density at radius 2 is 0.780 bits per heavy atom. The molecule has 0 saturated carbocycles. The Bertz CT molecular complexity index is 3320. The van der Waals surface area contributed by atoms with Gasteiger partial charge in [-0.2, -0.15) is 0 Å². The number of rotatable bonds is 7. The maximum Gasteiger partial charge on any atom is 0.164 e. The molecular weight excluding hydrogens is 735 g/mol. The summed E-state index contributed by atoms with van der Waals surface area (Å²) in [5.41, 5.74) is 11.9. The summed E-state index contributed by atoms with van der Waals surface area (Å²) in [5, 5.41) is 4.96. The highest BCUT2D eigenvalue weighted by Crippen LogP contribution is 2.40. The SMILES string of the molecule is c1ccc(-c2ccc(-c3nc(-c4cccc(-c5cc(-c6ccccc6)cc6ccccc56)c4)nc(-c4ccccc4-c4ccc5c(c4)sc4ccccc45)n3)cc2)cc1. The molecule has 0 spiro atoms. The second-order valence-corrected chi connectivity index (χ2v) is 15.9. The summed E-state index contributed by atoms with van der Waals surface area (Å²) >= 11 is 1.83. The molecule has 2 heterocycles. The lowest BCUT2D eigenvalue weighted by molar-refractivity contribution is 1.07. The van der Waals surface area contributed by atoms with Crippen molar-refractivity contribution in [2.24, 2.45) is 0 Å². The third kappa shape index (κ3) is 6.56. The molecular formula is C55H35N3S. The number of hydrogen-bond acceptors (Lipinski definition) is 4. The molecule has 0 atom stereocenters. The van der Waals surface area contributed by atoms with E-state index in [9.17, 15) is 0 Å². The predicted molar refractivity (Wildman–Crippen MR) is 248 cm³/mol. The van der Waals surface area contributed by atoms with Crippen LogP contribution in [0.4, 0.5) is 0 Å². The van der Waals surface area contributed by atoms with Gasteiger partial charge in [0.25, 0.3) is 0 Å². The Labute approximate surface area is 346 Å². The van der Waals surface area contributed by atoms with Crippen molar-refractivity contribution >= 4 is 42.3 Å². The monoisotopic (exact) mass is 769 g/mol. The van der Waals surface area contributed by atoms with Crippen molar-refractivity contribution in [1.82, 2.24) is 15.0 Å². The van der Waals surface area contributed by atoms with E-state index >= 15 is 0 Å². The third-order valence-electron chi connectivity index (χ3n) is 11.1. The number of hydrogen-bond donors (Lipinski definition) is 0. The summed E-state index contributed by atoms with van der Waals surface area (Å²) in [6.45, 7) is 0. The Kier molecular flexibility index (Phi) is 8.68. The van der Waals surface area contributed by atoms with Crippen LogP contribution in [-0.4, -0.2) is 15.0 Å². The van der Waals surface area contributed by atoms with Gasteiger partial charge in [0.05, 0.1) is 0 Å². The van der Waals surface area contributed by atoms with Crippen LogP contribution < -0.4 is 0 Å². The Morgan fingerprint density at radius 3 is 1.58 bits per heavy atom. The first kappa shape index (κ1) is 34.7. The summed E-state index contributed by atoms with van der Waals surface area (Å²) in [6, 6.07) is 75.3. The van der Waals surface area contributed by atoms with Crippen LogP contribution in [-0.2, 0) is 0 Å². The van der Waals surface area contributed by atoms with E-state index in [0.717, 1.165) is 44.5 Å². The summed E-state index contributed by atoms with van der Waals surface area (Å²) < 4.78 is 2.55. The van der Waals surface area contributed by atoms with Gasteiger partial charge in [-0.15, -0.1) is 11.3 Å². The highest BCUT2D eigenvalue weighted by molar-refractivity contribution is 7.25. The van der Waals surface area contributed by atoms with E-state index in [0.29, 0.717) is 17.5 Å². The fourth-order valence-electron chi connectivity index (χ4n) is 8.19. The third-order valence-corrected chi connectivity index (χ3v) is 12.3. The Hall–Kier alpha value is -7.53. The second kappa shape index (κ2) is 14.8. The van der Waals surface area contributed by atoms with Crippen molar-refractivity contribution in [2.75, 3.05) is 0 Å². The van der Waals surface area contributed by atoms with Crippen LogP contribution in [0.1, 0.15) is 0 Å². The second-order valence-electron chi connectivity index (χ2n) is 14.8. The first-order valence-electron chi connectivity index (χ1n) is 19.8. The smallest absolute Gasteiger partial charge is 0.164 e. The summed E-state index contributed by atoms with van der Waals surface area (Å²) in [5.74, 6) is 1.88. The van der Waals surface area contributed by atoms with Gasteiger partial charge in [0.15, 0.2) is 17.5 Å². The molecule has 4 heteroatoms. The molecule has 0 aliphatic heterocycles. The molecule has 0 unspecified atom stereocenters. The minimum atomic E-state index is 0.622. The fourth-order valence-corrected chi connectivity index (χ4v) is 9.34. The van der Waals surface area contributed by atoms with Gasteiger partial charge in [0, 0.05) is 36.9 Å². The normalized spacial score (nSPS) is 11.4. The quantitative estimate of drug-likeness (QED) is 0.162. The van der Waals surface area contributed by atoms with Gasteiger partial charge in [0.1, 0.15) is 0 Å². The average Bonchev–Trinajstić information content (AvgIpc) is 3.70. The van der Waals surface area contributed by atoms with E-state index in [-0.39, 0.29) is 0 Å². The molecule has 0 amide bonds. The van der Waals surface area contributed by atoms with E-state index in [1.807, 2.05) is 17.4 Å². The highest BCUT2D eigenvalue weighted by atomic mass is 32.1. The van der Waals surface area contributed by atoms with Crippen LogP contribution in [0.5, 0.6) is 0 Å². The molecule has 9 aromatic carbocycles. The first-order valence-corrected chi connectivity index (χ1v) is 20.7. The standard InChI is InChI=1S/C55H35N3S/c1-3-14-36(15-4-1)38-26-28-39(29-27-38)53-56-54(43-20-13-19-41(32-43)50-34-44(37-16-5-2-6-17-37)33-40-18-7-8-22-46(40)50)58-55(57-53)49-24-10-9-21-45(49)42-30-31-48-47-23-11-12-25-51(47)59-52(48)35-42/h1-35H. The summed E-state index contributed by atoms with van der Waals surface area (Å²) in [7, 11) is 0. The fraction of sp³-hybridized carbons (Fsp3) is 0. The summed E-state index contributed by atoms with van der Waals surface area (Å²) in [4.78, 5) is 15.7. The molecule has 0 aliphatic carbocycles. The molecule has 3 nitrogen and oxygen atoms in total. The largest absolute Gasteiger partial charge is 0.208 e. The van der Waals surface area contributed by atoms with Crippen LogP contribution in [0.15, 0.2) is 212 Å². The van der Waals surface area contributed by atoms with Crippen molar-refractivity contribution < 1.29 is 0 Å². The van der Waals surface area contributed by atoms with Crippen LogP contribution >= 0.6 is 11.3 Å². The molecule has 59 heavy (non-hydrogen) atoms. The van der Waals surface area contributed by atoms with E-state index < -0.39 is 0 Å². The van der Waals surface area contributed by atoms with Gasteiger partial charge >= 0.3 is 0 Å². The minimum absolute atomic E-state index is 0.622. The zero-order valence-electron chi connectivity index (χ0n) is 32.0. The molecule has 11 aromatic rings. The molecule has 0 aliphatic rings. The van der Waals surface area contributed by atoms with E-state index in [1.165, 1.54) is 47.6 Å². The van der Waals surface area contributed by atoms with Crippen molar-refractivity contribution in [3.8, 4) is 78.7 Å². The molecule has 0 radical (unpaired) electrons. The number of thiophene rings is 1. The van der Waals surface area contributed by atoms with Gasteiger partial charge in [-0.05, 0) is 85.6 Å². The highest BCUT2D eigenvalue weighted by Gasteiger charge is 2.18. The first-order chi connectivity index (χ1) is 29.2. The summed E-state index contributed by atoms with van der Waals surface area (Å²) in [6.07, 6.45) is 0. The minimum Gasteiger partial charge on any atom is -0.208 e. The van der Waals surface area contributed by atoms with E-state index in [1.54, 1.807) is 0 Å². The maximum atomic E-state index is 5.29. The molecule has 2 aromatic heterocycles. The molecule has 0 N–H and O–H groups in total. The molecule has 0 saturated heterocycles. The van der Waals surface area contributed by atoms with Gasteiger partial charge in [-0.25, -0.2) is 15.0 Å². The molecule has 11 rings (SSSR count). The van der Waals surface area contributed by atoms with E-state index in [2.05, 4.69) is 206 Å². The lowest BCUT2D eigenvalue weighted by Gasteiger charge is -2.14. The van der Waals surface area contributed by atoms with Crippen LogP contribution in [0, 0.1) is 0 Å². The van der Waals surface area contributed by atoms with Crippen molar-refractivity contribution in [2.45, 2.75) is 0 Å². The molecule has 276 valence electrons. The van der Waals surface area contributed by atoms with Crippen molar-refractivity contribution in [3.63, 3.8) is 0 Å². The van der Waals surface area contributed by atoms with Crippen LogP contribution in [0.2, 0.25) is 0 Å². The van der Waals surface area contributed by atoms with Crippen molar-refractivity contribution in [1.29, 1.82) is 0 Å². The zero-order valence-corrected chi connectivity index (χ0v) is 32.8. The number of fused-ring (bicyclic) bond motifs is 4. The van der Waals surface area contributed by atoms with E-state index in [4.69, 9.17) is 15.0 Å². The van der Waals surface area contributed by atoms with Gasteiger partial charge in [-0.1, -0.05) is 182 Å². The van der Waals surface area contributed by atoms with Crippen LogP contribution in [0.3, 0.4) is 0 Å². The lowest BCUT2D eigenvalue weighted by atomic mass is 9.92. The Morgan fingerprint density at radius 1 is 0.254 bits per heavy atom. The topological polar surface area (TPSA) is 38.7 Å². The average molecular weight is 770 g/mol. The zero-order chi connectivity index (χ0) is 39.1. The van der Waals surface area contributed by atoms with Gasteiger partial charge in [-0.3, -0.25) is 0 Å². The Balaban J connectivity index is 1.07. The lowest BCUT2D eigenvalue weighted by Crippen LogP contribution is -2.01. The number of benzene rings is 9. The number of aromatic nitrogens is 3. The molecule has 0 fully saturated rings. The maximum absolute atomic E-state index is 5.29. The predicted octanol–water partition coefficient (Wildman–Crippen LogP) is 15.1. The van der Waals surface area contributed by atoms with Crippen molar-refractivity contribution in [3.05, 3.63) is 212 Å². The molecule has 0 bridgehead atoms. The van der Waals surface area contributed by atoms with Gasteiger partial charge in [0.2, 0.25) is 0 Å². The van der Waals surface area contributed by atoms with Crippen LogP contribution in [0.25, 0.3) is 110 Å². The number of nitrogens with zero attached hydrogens (tertiary/aromatic N) is 3. The van der Waals surface area contributed by atoms with Gasteiger partial charge < -0.3 is 0 Å².